The average Bonchev–Trinajstić information content (AvgIpc) is 3.55. The molecule has 6 rings (SSSR count). The van der Waals surface area contributed by atoms with Gasteiger partial charge in [-0.25, -0.2) is 4.79 Å². The Balaban J connectivity index is 1.22. The molecule has 4 aromatic rings. The second-order valence-corrected chi connectivity index (χ2v) is 10.7. The first-order valence-corrected chi connectivity index (χ1v) is 12.5. The summed E-state index contributed by atoms with van der Waals surface area (Å²) < 4.78 is 2.12. The van der Waals surface area contributed by atoms with E-state index in [2.05, 4.69) is 33.2 Å². The Bertz CT molecular complexity index is 1440. The number of benzene rings is 2. The summed E-state index contributed by atoms with van der Waals surface area (Å²) in [5.74, 6) is 0. The molecule has 1 N–H and O–H groups in total. The van der Waals surface area contributed by atoms with Crippen molar-refractivity contribution in [3.8, 4) is 11.3 Å². The number of nitrogens with zero attached hydrogens (tertiary/aromatic N) is 4. The van der Waals surface area contributed by atoms with Gasteiger partial charge in [0.15, 0.2) is 0 Å². The highest BCUT2D eigenvalue weighted by atomic mass is 35.5. The molecule has 0 aliphatic carbocycles. The summed E-state index contributed by atoms with van der Waals surface area (Å²) in [4.78, 5) is 19.8. The molecule has 1 fully saturated rings. The molecule has 0 bridgehead atoms. The Hall–Kier alpha value is -3.38. The van der Waals surface area contributed by atoms with Crippen LogP contribution in [0.1, 0.15) is 37.9 Å². The molecule has 1 unspecified atom stereocenters. The molecule has 1 atom stereocenters. The van der Waals surface area contributed by atoms with Crippen molar-refractivity contribution in [1.82, 2.24) is 25.0 Å². The molecular formula is C28H28ClN5O. The topological polar surface area (TPSA) is 63.1 Å². The number of urea groups is 1. The van der Waals surface area contributed by atoms with Gasteiger partial charge in [0.25, 0.3) is 0 Å². The van der Waals surface area contributed by atoms with Gasteiger partial charge in [0.2, 0.25) is 0 Å². The van der Waals surface area contributed by atoms with E-state index in [1.807, 2.05) is 67.4 Å². The number of hydrogen-bond donors (Lipinski definition) is 1. The zero-order valence-corrected chi connectivity index (χ0v) is 20.7. The number of carbonyl (C=O) groups is 1. The highest BCUT2D eigenvalue weighted by molar-refractivity contribution is 6.31. The summed E-state index contributed by atoms with van der Waals surface area (Å²) in [6.45, 7) is 6.27. The molecule has 1 saturated heterocycles. The highest BCUT2D eigenvalue weighted by Crippen LogP contribution is 2.44. The van der Waals surface area contributed by atoms with Gasteiger partial charge in [0.05, 0.1) is 16.7 Å². The Morgan fingerprint density at radius 3 is 2.69 bits per heavy atom. The van der Waals surface area contributed by atoms with Gasteiger partial charge in [-0.15, -0.1) is 0 Å². The van der Waals surface area contributed by atoms with Crippen molar-refractivity contribution in [3.05, 3.63) is 83.1 Å². The molecule has 178 valence electrons. The zero-order valence-electron chi connectivity index (χ0n) is 20.0. The highest BCUT2D eigenvalue weighted by Gasteiger charge is 2.47. The summed E-state index contributed by atoms with van der Waals surface area (Å²) in [7, 11) is 0. The molecule has 2 aliphatic rings. The van der Waals surface area contributed by atoms with Crippen molar-refractivity contribution in [3.63, 3.8) is 0 Å². The van der Waals surface area contributed by atoms with E-state index in [0.717, 1.165) is 53.7 Å². The molecule has 2 amide bonds. The van der Waals surface area contributed by atoms with Gasteiger partial charge in [-0.3, -0.25) is 9.67 Å². The van der Waals surface area contributed by atoms with Gasteiger partial charge < -0.3 is 10.2 Å². The summed E-state index contributed by atoms with van der Waals surface area (Å²) in [5.41, 5.74) is 4.46. The van der Waals surface area contributed by atoms with Crippen LogP contribution in [0.2, 0.25) is 5.02 Å². The molecule has 7 heteroatoms. The fourth-order valence-electron chi connectivity index (χ4n) is 5.65. The van der Waals surface area contributed by atoms with Gasteiger partial charge in [-0.2, -0.15) is 5.10 Å². The molecule has 35 heavy (non-hydrogen) atoms. The van der Waals surface area contributed by atoms with Crippen molar-refractivity contribution < 1.29 is 4.79 Å². The zero-order chi connectivity index (χ0) is 24.2. The molecule has 6 nitrogen and oxygen atoms in total. The molecule has 2 aromatic heterocycles. The van der Waals surface area contributed by atoms with Crippen LogP contribution in [-0.2, 0) is 17.5 Å². The van der Waals surface area contributed by atoms with Crippen LogP contribution in [0, 0.1) is 0 Å². The predicted octanol–water partition coefficient (Wildman–Crippen LogP) is 5.74. The maximum atomic E-state index is 13.3. The minimum absolute atomic E-state index is 0.0521. The predicted molar refractivity (Wildman–Crippen MR) is 138 cm³/mol. The number of nitrogens with one attached hydrogen (secondary N) is 1. The van der Waals surface area contributed by atoms with E-state index in [0.29, 0.717) is 11.6 Å². The standard InChI is InChI=1S/C28H28ClN5O/c1-27(2,21-8-4-5-9-22(21)29)31-26(35)33-13-11-28(18-33)12-14-34-25(28)16-24(32-34)20-15-19-7-3-6-10-23(19)30-17-20/h3-10,15-17H,11-14,18H2,1-2H3,(H,31,35). The van der Waals surface area contributed by atoms with Gasteiger partial charge >= 0.3 is 6.03 Å². The van der Waals surface area contributed by atoms with Crippen molar-refractivity contribution in [2.75, 3.05) is 13.1 Å². The first-order valence-electron chi connectivity index (χ1n) is 12.1. The van der Waals surface area contributed by atoms with Crippen LogP contribution < -0.4 is 5.32 Å². The number of amides is 2. The summed E-state index contributed by atoms with van der Waals surface area (Å²) >= 11 is 6.41. The van der Waals surface area contributed by atoms with E-state index >= 15 is 0 Å². The average molecular weight is 486 g/mol. The van der Waals surface area contributed by atoms with Crippen LogP contribution in [0.25, 0.3) is 22.2 Å². The fraction of sp³-hybridized carbons (Fsp3) is 0.321. The van der Waals surface area contributed by atoms with E-state index in [9.17, 15) is 4.79 Å². The van der Waals surface area contributed by atoms with Gasteiger partial charge in [0, 0.05) is 52.9 Å². The lowest BCUT2D eigenvalue weighted by molar-refractivity contribution is 0.194. The minimum atomic E-state index is -0.571. The summed E-state index contributed by atoms with van der Waals surface area (Å²) in [6, 6.07) is 20.1. The number of halogens is 1. The Morgan fingerprint density at radius 1 is 1.06 bits per heavy atom. The van der Waals surface area contributed by atoms with E-state index < -0.39 is 5.54 Å². The number of hydrogen-bond acceptors (Lipinski definition) is 3. The normalized spacial score (nSPS) is 19.5. The Morgan fingerprint density at radius 2 is 1.83 bits per heavy atom. The number of aryl methyl sites for hydroxylation is 1. The summed E-state index contributed by atoms with van der Waals surface area (Å²) in [6.07, 6.45) is 3.84. The van der Waals surface area contributed by atoms with E-state index in [1.54, 1.807) is 0 Å². The number of aromatic nitrogens is 3. The minimum Gasteiger partial charge on any atom is -0.329 e. The fourth-order valence-corrected chi connectivity index (χ4v) is 6.03. The number of carbonyl (C=O) groups excluding carboxylic acids is 1. The monoisotopic (exact) mass is 485 g/mol. The smallest absolute Gasteiger partial charge is 0.318 e. The molecule has 2 aliphatic heterocycles. The first kappa shape index (κ1) is 22.1. The third-order valence-electron chi connectivity index (χ3n) is 7.62. The number of pyridine rings is 1. The first-order chi connectivity index (χ1) is 16.8. The quantitative estimate of drug-likeness (QED) is 0.402. The van der Waals surface area contributed by atoms with Crippen LogP contribution in [0.4, 0.5) is 4.79 Å². The summed E-state index contributed by atoms with van der Waals surface area (Å²) in [5, 5.41) is 9.88. The number of para-hydroxylation sites is 1. The third kappa shape index (κ3) is 3.76. The SMILES string of the molecule is CC(C)(NC(=O)N1CCC2(CCn3nc(-c4cnc5ccccc5c4)cc32)C1)c1ccccc1Cl. The van der Waals surface area contributed by atoms with Gasteiger partial charge in [0.1, 0.15) is 0 Å². The molecular weight excluding hydrogens is 458 g/mol. The van der Waals surface area contributed by atoms with Gasteiger partial charge in [-0.1, -0.05) is 48.0 Å². The van der Waals surface area contributed by atoms with Crippen LogP contribution in [0.3, 0.4) is 0 Å². The van der Waals surface area contributed by atoms with E-state index in [4.69, 9.17) is 16.7 Å². The van der Waals surface area contributed by atoms with Crippen LogP contribution in [0.5, 0.6) is 0 Å². The number of likely N-dealkylation sites (tertiary alicyclic amines) is 1. The van der Waals surface area contributed by atoms with Crippen molar-refractivity contribution in [2.45, 2.75) is 44.2 Å². The molecule has 4 heterocycles. The lowest BCUT2D eigenvalue weighted by atomic mass is 9.82. The number of rotatable bonds is 3. The molecule has 2 aromatic carbocycles. The van der Waals surface area contributed by atoms with Crippen molar-refractivity contribution in [2.24, 2.45) is 0 Å². The second-order valence-electron chi connectivity index (χ2n) is 10.3. The molecule has 1 spiro atoms. The largest absolute Gasteiger partial charge is 0.329 e. The van der Waals surface area contributed by atoms with Crippen LogP contribution in [-0.4, -0.2) is 38.8 Å². The maximum absolute atomic E-state index is 13.3. The van der Waals surface area contributed by atoms with E-state index in [-0.39, 0.29) is 11.4 Å². The van der Waals surface area contributed by atoms with Crippen molar-refractivity contribution in [1.29, 1.82) is 0 Å². The second kappa shape index (κ2) is 8.09. The number of fused-ring (bicyclic) bond motifs is 3. The lowest BCUT2D eigenvalue weighted by Gasteiger charge is -2.31. The molecule has 0 saturated carbocycles. The Kier molecular flexibility index (Phi) is 5.11. The van der Waals surface area contributed by atoms with Crippen LogP contribution in [0.15, 0.2) is 66.9 Å². The van der Waals surface area contributed by atoms with E-state index in [1.165, 1.54) is 5.69 Å². The maximum Gasteiger partial charge on any atom is 0.318 e. The lowest BCUT2D eigenvalue weighted by Crippen LogP contribution is -2.48. The third-order valence-corrected chi connectivity index (χ3v) is 7.95. The van der Waals surface area contributed by atoms with Gasteiger partial charge in [-0.05, 0) is 56.5 Å². The Labute approximate surface area is 209 Å². The van der Waals surface area contributed by atoms with Crippen molar-refractivity contribution >= 4 is 28.5 Å². The van der Waals surface area contributed by atoms with Crippen LogP contribution >= 0.6 is 11.6 Å². The molecule has 0 radical (unpaired) electrons.